The SMILES string of the molecule is C.C/C=C\Cc1cc(/C=C2/N=C(c3ccc[nH]3)C=C2OC)[nH]c1C. The summed E-state index contributed by atoms with van der Waals surface area (Å²) in [5.74, 6) is 0.775. The minimum atomic E-state index is 0. The first-order valence-electron chi connectivity index (χ1n) is 7.71. The van der Waals surface area contributed by atoms with Crippen LogP contribution < -0.4 is 0 Å². The van der Waals surface area contributed by atoms with Gasteiger partial charge in [0.05, 0.1) is 18.5 Å². The zero-order valence-corrected chi connectivity index (χ0v) is 13.7. The maximum atomic E-state index is 5.47. The number of nitrogens with one attached hydrogen (secondary N) is 2. The van der Waals surface area contributed by atoms with Crippen LogP contribution in [0.1, 0.15) is 37.0 Å². The Balaban J connectivity index is 0.00000208. The van der Waals surface area contributed by atoms with E-state index in [0.717, 1.165) is 35.0 Å². The highest BCUT2D eigenvalue weighted by atomic mass is 16.5. The van der Waals surface area contributed by atoms with E-state index in [-0.39, 0.29) is 7.43 Å². The third-order valence-corrected chi connectivity index (χ3v) is 3.86. The second kappa shape index (κ2) is 7.68. The number of aromatic nitrogens is 2. The number of aliphatic imine (C=N–C) groups is 1. The van der Waals surface area contributed by atoms with Crippen molar-refractivity contribution in [3.05, 3.63) is 76.7 Å². The van der Waals surface area contributed by atoms with Crippen molar-refractivity contribution in [3.8, 4) is 0 Å². The van der Waals surface area contributed by atoms with E-state index in [1.54, 1.807) is 7.11 Å². The Morgan fingerprint density at radius 3 is 2.83 bits per heavy atom. The van der Waals surface area contributed by atoms with Crippen LogP contribution in [0.15, 0.2) is 59.1 Å². The molecule has 0 amide bonds. The van der Waals surface area contributed by atoms with E-state index in [0.29, 0.717) is 0 Å². The Morgan fingerprint density at radius 1 is 1.33 bits per heavy atom. The van der Waals surface area contributed by atoms with E-state index in [1.807, 2.05) is 37.4 Å². The van der Waals surface area contributed by atoms with Crippen LogP contribution in [-0.4, -0.2) is 22.8 Å². The number of rotatable bonds is 5. The van der Waals surface area contributed by atoms with Crippen molar-refractivity contribution < 1.29 is 4.74 Å². The quantitative estimate of drug-likeness (QED) is 0.764. The van der Waals surface area contributed by atoms with Gasteiger partial charge in [0.15, 0.2) is 0 Å². The molecule has 4 heteroatoms. The van der Waals surface area contributed by atoms with Crippen molar-refractivity contribution in [2.75, 3.05) is 7.11 Å². The van der Waals surface area contributed by atoms with Gasteiger partial charge in [-0.2, -0.15) is 0 Å². The van der Waals surface area contributed by atoms with E-state index < -0.39 is 0 Å². The highest BCUT2D eigenvalue weighted by molar-refractivity contribution is 6.11. The molecule has 0 atom stereocenters. The number of H-pyrrole nitrogens is 2. The number of allylic oxidation sites excluding steroid dienone is 3. The zero-order valence-electron chi connectivity index (χ0n) is 13.7. The fraction of sp³-hybridized carbons (Fsp3) is 0.250. The summed E-state index contributed by atoms with van der Waals surface area (Å²) >= 11 is 0. The molecule has 3 heterocycles. The van der Waals surface area contributed by atoms with Gasteiger partial charge in [0.25, 0.3) is 0 Å². The Labute approximate surface area is 143 Å². The van der Waals surface area contributed by atoms with Gasteiger partial charge in [-0.1, -0.05) is 19.6 Å². The summed E-state index contributed by atoms with van der Waals surface area (Å²) in [6.45, 7) is 4.13. The van der Waals surface area contributed by atoms with Crippen molar-refractivity contribution in [2.24, 2.45) is 4.99 Å². The van der Waals surface area contributed by atoms with Crippen LogP contribution in [0.5, 0.6) is 0 Å². The average Bonchev–Trinajstić information content (AvgIpc) is 3.25. The van der Waals surface area contributed by atoms with E-state index in [4.69, 9.17) is 4.74 Å². The first kappa shape index (κ1) is 17.6. The molecule has 0 saturated heterocycles. The smallest absolute Gasteiger partial charge is 0.146 e. The predicted molar refractivity (Wildman–Crippen MR) is 101 cm³/mol. The topological polar surface area (TPSA) is 53.2 Å². The van der Waals surface area contributed by atoms with Crippen molar-refractivity contribution in [3.63, 3.8) is 0 Å². The Kier molecular flexibility index (Phi) is 5.64. The molecular weight excluding hydrogens is 298 g/mol. The molecular formula is C20H25N3O. The van der Waals surface area contributed by atoms with Crippen molar-refractivity contribution in [1.82, 2.24) is 9.97 Å². The van der Waals surface area contributed by atoms with Crippen LogP contribution in [0.2, 0.25) is 0 Å². The van der Waals surface area contributed by atoms with Crippen LogP contribution in [0.4, 0.5) is 0 Å². The summed E-state index contributed by atoms with van der Waals surface area (Å²) in [7, 11) is 1.67. The number of ether oxygens (including phenoxy) is 1. The molecule has 2 aromatic rings. The van der Waals surface area contributed by atoms with E-state index in [1.165, 1.54) is 11.3 Å². The van der Waals surface area contributed by atoms with Crippen LogP contribution in [0.25, 0.3) is 6.08 Å². The Bertz CT molecular complexity index is 802. The molecule has 0 aromatic carbocycles. The molecule has 3 rings (SSSR count). The summed E-state index contributed by atoms with van der Waals surface area (Å²) in [6.07, 6.45) is 11.0. The molecule has 24 heavy (non-hydrogen) atoms. The van der Waals surface area contributed by atoms with E-state index >= 15 is 0 Å². The lowest BCUT2D eigenvalue weighted by Crippen LogP contribution is -1.93. The Morgan fingerprint density at radius 2 is 2.17 bits per heavy atom. The number of aromatic amines is 2. The maximum absolute atomic E-state index is 5.47. The van der Waals surface area contributed by atoms with Gasteiger partial charge < -0.3 is 14.7 Å². The monoisotopic (exact) mass is 323 g/mol. The average molecular weight is 323 g/mol. The van der Waals surface area contributed by atoms with Crippen molar-refractivity contribution >= 4 is 11.8 Å². The molecule has 0 bridgehead atoms. The molecule has 126 valence electrons. The van der Waals surface area contributed by atoms with Crippen molar-refractivity contribution in [2.45, 2.75) is 27.7 Å². The fourth-order valence-electron chi connectivity index (χ4n) is 2.62. The first-order chi connectivity index (χ1) is 11.2. The molecule has 0 aliphatic carbocycles. The molecule has 1 aliphatic heterocycles. The molecule has 2 N–H and O–H groups in total. The second-order valence-corrected chi connectivity index (χ2v) is 5.47. The summed E-state index contributed by atoms with van der Waals surface area (Å²) in [5.41, 5.74) is 6.22. The lowest BCUT2D eigenvalue weighted by Gasteiger charge is -2.00. The third-order valence-electron chi connectivity index (χ3n) is 3.86. The van der Waals surface area contributed by atoms with Gasteiger partial charge in [-0.25, -0.2) is 4.99 Å². The van der Waals surface area contributed by atoms with Gasteiger partial charge in [-0.3, -0.25) is 0 Å². The highest BCUT2D eigenvalue weighted by Gasteiger charge is 2.17. The van der Waals surface area contributed by atoms with Gasteiger partial charge in [-0.15, -0.1) is 0 Å². The van der Waals surface area contributed by atoms with Gasteiger partial charge in [0, 0.05) is 23.7 Å². The first-order valence-corrected chi connectivity index (χ1v) is 7.71. The van der Waals surface area contributed by atoms with Crippen LogP contribution in [0.3, 0.4) is 0 Å². The van der Waals surface area contributed by atoms with Crippen LogP contribution >= 0.6 is 0 Å². The number of methoxy groups -OCH3 is 1. The molecule has 0 fully saturated rings. The van der Waals surface area contributed by atoms with Crippen LogP contribution in [0, 0.1) is 6.92 Å². The largest absolute Gasteiger partial charge is 0.494 e. The number of hydrogen-bond donors (Lipinski definition) is 2. The maximum Gasteiger partial charge on any atom is 0.146 e. The molecule has 0 spiro atoms. The van der Waals surface area contributed by atoms with Crippen LogP contribution in [-0.2, 0) is 11.2 Å². The summed E-state index contributed by atoms with van der Waals surface area (Å²) in [4.78, 5) is 11.2. The fourth-order valence-corrected chi connectivity index (χ4v) is 2.62. The minimum Gasteiger partial charge on any atom is -0.494 e. The van der Waals surface area contributed by atoms with Gasteiger partial charge in [0.2, 0.25) is 0 Å². The number of nitrogens with zero attached hydrogens (tertiary/aromatic N) is 1. The number of aryl methyl sites for hydroxylation is 1. The highest BCUT2D eigenvalue weighted by Crippen LogP contribution is 2.25. The molecule has 2 aromatic heterocycles. The predicted octanol–water partition coefficient (Wildman–Crippen LogP) is 4.78. The van der Waals surface area contributed by atoms with Gasteiger partial charge in [0.1, 0.15) is 11.5 Å². The molecule has 0 unspecified atom stereocenters. The number of hydrogen-bond acceptors (Lipinski definition) is 2. The summed E-state index contributed by atoms with van der Waals surface area (Å²) in [5, 5.41) is 0. The normalized spacial score (nSPS) is 15.5. The lowest BCUT2D eigenvalue weighted by atomic mass is 10.1. The van der Waals surface area contributed by atoms with Crippen molar-refractivity contribution in [1.29, 1.82) is 0 Å². The van der Waals surface area contributed by atoms with E-state index in [9.17, 15) is 0 Å². The minimum absolute atomic E-state index is 0. The molecule has 0 radical (unpaired) electrons. The third kappa shape index (κ3) is 3.59. The summed E-state index contributed by atoms with van der Waals surface area (Å²) in [6, 6.07) is 6.12. The zero-order chi connectivity index (χ0) is 16.2. The molecule has 0 saturated carbocycles. The van der Waals surface area contributed by atoms with E-state index in [2.05, 4.69) is 40.1 Å². The molecule has 4 nitrogen and oxygen atoms in total. The standard InChI is InChI=1S/C19H21N3O.CH4/c1-4-5-7-14-10-15(21-13(14)2)11-18-19(23-3)12-17(22-18)16-8-6-9-20-16;/h4-6,8-12,20-21H,7H2,1-3H3;1H4/b5-4-,18-11+;. The lowest BCUT2D eigenvalue weighted by molar-refractivity contribution is 0.303. The Hall–Kier alpha value is -2.75. The summed E-state index contributed by atoms with van der Waals surface area (Å²) < 4.78 is 5.47. The molecule has 1 aliphatic rings. The second-order valence-electron chi connectivity index (χ2n) is 5.47. The van der Waals surface area contributed by atoms with Gasteiger partial charge in [-0.05, 0) is 50.1 Å². The van der Waals surface area contributed by atoms with Gasteiger partial charge >= 0.3 is 0 Å².